The molecule has 0 radical (unpaired) electrons. The summed E-state index contributed by atoms with van der Waals surface area (Å²) in [6.07, 6.45) is 40.4. The van der Waals surface area contributed by atoms with E-state index in [1.165, 1.54) is 135 Å². The van der Waals surface area contributed by atoms with E-state index in [-0.39, 0.29) is 25.7 Å². The standard InChI is InChI=1S/C67H130O17P2/c1-8-10-11-12-13-26-34-41-48-64(69)77-55-63(84-67(72)51-44-37-30-29-32-39-46-59(5)6)57-82-86(75,76)80-53-61(68)52-79-85(73,74)81-56-62(54-78-65(70)49-42-35-27-22-19-18-21-25-33-40-47-60(7)9-2)83-66(71)50-43-36-28-23-17-15-14-16-20-24-31-38-45-58(3)4/h58-63,68H,8-57H2,1-7H3,(H,73,74)(H,75,76)/t60?,61-,62-,63-/m1/s1. The largest absolute Gasteiger partial charge is 0.472 e. The number of hydrogen-bond donors (Lipinski definition) is 3. The molecule has 0 fully saturated rings. The fourth-order valence-electron chi connectivity index (χ4n) is 9.98. The molecule has 3 N–H and O–H groups in total. The average molecular weight is 1270 g/mol. The first-order valence-corrected chi connectivity index (χ1v) is 37.9. The van der Waals surface area contributed by atoms with Gasteiger partial charge in [-0.3, -0.25) is 37.3 Å². The highest BCUT2D eigenvalue weighted by Gasteiger charge is 2.30. The minimum absolute atomic E-state index is 0.102. The Morgan fingerprint density at radius 2 is 0.593 bits per heavy atom. The van der Waals surface area contributed by atoms with Crippen molar-refractivity contribution >= 4 is 39.5 Å². The number of unbranched alkanes of at least 4 members (excludes halogenated alkanes) is 32. The van der Waals surface area contributed by atoms with Gasteiger partial charge < -0.3 is 33.8 Å². The molecule has 3 unspecified atom stereocenters. The molecule has 86 heavy (non-hydrogen) atoms. The molecule has 0 bridgehead atoms. The zero-order valence-electron chi connectivity index (χ0n) is 55.8. The van der Waals surface area contributed by atoms with Gasteiger partial charge in [0.15, 0.2) is 12.2 Å². The fourth-order valence-corrected chi connectivity index (χ4v) is 11.6. The predicted octanol–water partition coefficient (Wildman–Crippen LogP) is 18.7. The van der Waals surface area contributed by atoms with Crippen LogP contribution in [0.1, 0.15) is 331 Å². The van der Waals surface area contributed by atoms with Crippen molar-refractivity contribution in [1.29, 1.82) is 0 Å². The summed E-state index contributed by atoms with van der Waals surface area (Å²) in [5, 5.41) is 10.5. The lowest BCUT2D eigenvalue weighted by Crippen LogP contribution is -2.30. The maximum absolute atomic E-state index is 13.0. The van der Waals surface area contributed by atoms with Crippen molar-refractivity contribution < 1.29 is 80.2 Å². The molecule has 0 saturated carbocycles. The van der Waals surface area contributed by atoms with Crippen LogP contribution in [0.5, 0.6) is 0 Å². The van der Waals surface area contributed by atoms with Gasteiger partial charge in [-0.15, -0.1) is 0 Å². The molecule has 0 aliphatic heterocycles. The molecule has 0 rings (SSSR count). The molecule has 0 amide bonds. The van der Waals surface area contributed by atoms with Crippen molar-refractivity contribution in [2.45, 2.75) is 349 Å². The van der Waals surface area contributed by atoms with E-state index in [0.29, 0.717) is 31.6 Å². The van der Waals surface area contributed by atoms with Gasteiger partial charge in [-0.2, -0.15) is 0 Å². The first kappa shape index (κ1) is 84.1. The van der Waals surface area contributed by atoms with Crippen molar-refractivity contribution in [3.05, 3.63) is 0 Å². The molecular weight excluding hydrogens is 1140 g/mol. The first-order chi connectivity index (χ1) is 41.3. The van der Waals surface area contributed by atoms with Crippen LogP contribution in [0.15, 0.2) is 0 Å². The summed E-state index contributed by atoms with van der Waals surface area (Å²) >= 11 is 0. The monoisotopic (exact) mass is 1270 g/mol. The van der Waals surface area contributed by atoms with Crippen LogP contribution in [0.4, 0.5) is 0 Å². The lowest BCUT2D eigenvalue weighted by atomic mass is 9.99. The minimum atomic E-state index is -4.95. The van der Waals surface area contributed by atoms with E-state index < -0.39 is 97.5 Å². The van der Waals surface area contributed by atoms with E-state index in [9.17, 15) is 43.2 Å². The highest BCUT2D eigenvalue weighted by Crippen LogP contribution is 2.45. The first-order valence-electron chi connectivity index (χ1n) is 34.9. The Bertz CT molecular complexity index is 1700. The van der Waals surface area contributed by atoms with Crippen LogP contribution in [0, 0.1) is 17.8 Å². The van der Waals surface area contributed by atoms with Crippen LogP contribution < -0.4 is 0 Å². The van der Waals surface area contributed by atoms with Crippen molar-refractivity contribution in [1.82, 2.24) is 0 Å². The Balaban J connectivity index is 5.23. The smallest absolute Gasteiger partial charge is 0.462 e. The number of carbonyl (C=O) groups excluding carboxylic acids is 4. The second kappa shape index (κ2) is 58.2. The van der Waals surface area contributed by atoms with Gasteiger partial charge in [0.1, 0.15) is 19.3 Å². The fraction of sp³-hybridized carbons (Fsp3) is 0.940. The minimum Gasteiger partial charge on any atom is -0.462 e. The van der Waals surface area contributed by atoms with Gasteiger partial charge >= 0.3 is 39.5 Å². The zero-order chi connectivity index (χ0) is 63.8. The van der Waals surface area contributed by atoms with Crippen LogP contribution in [-0.4, -0.2) is 96.7 Å². The molecule has 0 aliphatic carbocycles. The second-order valence-electron chi connectivity index (χ2n) is 25.4. The summed E-state index contributed by atoms with van der Waals surface area (Å²) in [7, 11) is -9.89. The van der Waals surface area contributed by atoms with E-state index >= 15 is 0 Å². The number of hydrogen-bond acceptors (Lipinski definition) is 15. The highest BCUT2D eigenvalue weighted by molar-refractivity contribution is 7.47. The predicted molar refractivity (Wildman–Crippen MR) is 344 cm³/mol. The molecule has 0 saturated heterocycles. The number of ether oxygens (including phenoxy) is 4. The Labute approximate surface area is 524 Å². The van der Waals surface area contributed by atoms with E-state index in [0.717, 1.165) is 108 Å². The van der Waals surface area contributed by atoms with Gasteiger partial charge in [0.2, 0.25) is 0 Å². The molecule has 0 aromatic rings. The van der Waals surface area contributed by atoms with E-state index in [4.69, 9.17) is 37.0 Å². The Kier molecular flexibility index (Phi) is 56.9. The highest BCUT2D eigenvalue weighted by atomic mass is 31.2. The molecular formula is C67H130O17P2. The molecule has 0 aromatic heterocycles. The summed E-state index contributed by atoms with van der Waals surface area (Å²) in [5.41, 5.74) is 0. The summed E-state index contributed by atoms with van der Waals surface area (Å²) in [6, 6.07) is 0. The quantitative estimate of drug-likeness (QED) is 0.0222. The zero-order valence-corrected chi connectivity index (χ0v) is 57.6. The number of aliphatic hydroxyl groups excluding tert-OH is 1. The molecule has 510 valence electrons. The molecule has 0 heterocycles. The Morgan fingerprint density at radius 1 is 0.337 bits per heavy atom. The Morgan fingerprint density at radius 3 is 0.884 bits per heavy atom. The summed E-state index contributed by atoms with van der Waals surface area (Å²) in [4.78, 5) is 72.3. The van der Waals surface area contributed by atoms with E-state index in [2.05, 4.69) is 48.5 Å². The number of aliphatic hydroxyl groups is 1. The number of rotatable bonds is 65. The third kappa shape index (κ3) is 59.7. The normalized spacial score (nSPS) is 14.6. The van der Waals surface area contributed by atoms with Crippen LogP contribution >= 0.6 is 15.6 Å². The number of phosphoric ester groups is 2. The molecule has 6 atom stereocenters. The SMILES string of the molecule is CCCCCCCCCCC(=O)OC[C@H](COP(=O)(O)OC[C@H](O)COP(=O)(O)OC[C@@H](COC(=O)CCCCCCCCCCCCC(C)CC)OC(=O)CCCCCCCCCCCCCCC(C)C)OC(=O)CCCCCCCCC(C)C. The molecule has 0 aromatic carbocycles. The van der Waals surface area contributed by atoms with E-state index in [1.807, 2.05) is 0 Å². The Hall–Kier alpha value is -1.94. The van der Waals surface area contributed by atoms with Gasteiger partial charge in [0.25, 0.3) is 0 Å². The lowest BCUT2D eigenvalue weighted by Gasteiger charge is -2.21. The summed E-state index contributed by atoms with van der Waals surface area (Å²) in [5.74, 6) is 0.119. The third-order valence-corrected chi connectivity index (χ3v) is 17.6. The van der Waals surface area contributed by atoms with Gasteiger partial charge in [0.05, 0.1) is 26.4 Å². The van der Waals surface area contributed by atoms with E-state index in [1.54, 1.807) is 0 Å². The van der Waals surface area contributed by atoms with Crippen LogP contribution in [-0.2, 0) is 65.4 Å². The van der Waals surface area contributed by atoms with Crippen molar-refractivity contribution in [3.8, 4) is 0 Å². The van der Waals surface area contributed by atoms with Crippen LogP contribution in [0.25, 0.3) is 0 Å². The van der Waals surface area contributed by atoms with Gasteiger partial charge in [-0.1, -0.05) is 280 Å². The number of phosphoric acid groups is 2. The number of esters is 4. The lowest BCUT2D eigenvalue weighted by molar-refractivity contribution is -0.161. The molecule has 17 nitrogen and oxygen atoms in total. The third-order valence-electron chi connectivity index (χ3n) is 15.7. The molecule has 0 aliphatic rings. The number of carbonyl (C=O) groups is 4. The van der Waals surface area contributed by atoms with Crippen LogP contribution in [0.3, 0.4) is 0 Å². The van der Waals surface area contributed by atoms with Gasteiger partial charge in [0, 0.05) is 25.7 Å². The summed E-state index contributed by atoms with van der Waals surface area (Å²) in [6.45, 7) is 11.7. The maximum atomic E-state index is 13.0. The van der Waals surface area contributed by atoms with Crippen molar-refractivity contribution in [3.63, 3.8) is 0 Å². The molecule has 0 spiro atoms. The molecule has 19 heteroatoms. The van der Waals surface area contributed by atoms with Crippen molar-refractivity contribution in [2.75, 3.05) is 39.6 Å². The second-order valence-corrected chi connectivity index (χ2v) is 28.3. The topological polar surface area (TPSA) is 237 Å². The van der Waals surface area contributed by atoms with Crippen LogP contribution in [0.2, 0.25) is 0 Å². The maximum Gasteiger partial charge on any atom is 0.472 e. The average Bonchev–Trinajstić information content (AvgIpc) is 3.64. The van der Waals surface area contributed by atoms with Gasteiger partial charge in [-0.25, -0.2) is 9.13 Å². The van der Waals surface area contributed by atoms with Gasteiger partial charge in [-0.05, 0) is 43.4 Å². The summed E-state index contributed by atoms with van der Waals surface area (Å²) < 4.78 is 68.1. The van der Waals surface area contributed by atoms with Crippen molar-refractivity contribution in [2.24, 2.45) is 17.8 Å².